The molecule has 1 saturated carbocycles. The van der Waals surface area contributed by atoms with Crippen molar-refractivity contribution < 1.29 is 9.90 Å². The second-order valence-electron chi connectivity index (χ2n) is 5.14. The number of benzene rings is 1. The summed E-state index contributed by atoms with van der Waals surface area (Å²) in [5.41, 5.74) is 4.48. The predicted molar refractivity (Wildman–Crippen MR) is 63.7 cm³/mol. The van der Waals surface area contributed by atoms with E-state index >= 15 is 0 Å². The van der Waals surface area contributed by atoms with Gasteiger partial charge in [0.2, 0.25) is 0 Å². The maximum atomic E-state index is 11.2. The van der Waals surface area contributed by atoms with Gasteiger partial charge in [-0.05, 0) is 56.7 Å². The summed E-state index contributed by atoms with van der Waals surface area (Å²) in [6.45, 7) is 6.23. The van der Waals surface area contributed by atoms with Crippen LogP contribution in [0.1, 0.15) is 35.1 Å². The molecule has 1 aliphatic rings. The van der Waals surface area contributed by atoms with E-state index in [0.717, 1.165) is 12.8 Å². The van der Waals surface area contributed by atoms with Gasteiger partial charge in [0.15, 0.2) is 0 Å². The van der Waals surface area contributed by atoms with Crippen molar-refractivity contribution >= 4 is 5.97 Å². The van der Waals surface area contributed by atoms with Gasteiger partial charge in [-0.15, -0.1) is 0 Å². The van der Waals surface area contributed by atoms with Crippen LogP contribution in [-0.2, 0) is 11.2 Å². The van der Waals surface area contributed by atoms with Gasteiger partial charge in [-0.2, -0.15) is 0 Å². The molecule has 2 heteroatoms. The van der Waals surface area contributed by atoms with Gasteiger partial charge in [0.25, 0.3) is 0 Å². The zero-order chi connectivity index (χ0) is 11.9. The molecule has 16 heavy (non-hydrogen) atoms. The summed E-state index contributed by atoms with van der Waals surface area (Å²) in [7, 11) is 0. The summed E-state index contributed by atoms with van der Waals surface area (Å²) >= 11 is 0. The third-order valence-electron chi connectivity index (χ3n) is 3.66. The monoisotopic (exact) mass is 218 g/mol. The molecule has 0 bridgehead atoms. The van der Waals surface area contributed by atoms with E-state index in [-0.39, 0.29) is 0 Å². The Bertz CT molecular complexity index is 419. The van der Waals surface area contributed by atoms with Gasteiger partial charge >= 0.3 is 5.97 Å². The largest absolute Gasteiger partial charge is 0.481 e. The third-order valence-corrected chi connectivity index (χ3v) is 3.66. The van der Waals surface area contributed by atoms with E-state index in [4.69, 9.17) is 0 Å². The normalized spacial score (nSPS) is 17.2. The van der Waals surface area contributed by atoms with E-state index < -0.39 is 11.4 Å². The molecular weight excluding hydrogens is 200 g/mol. The highest BCUT2D eigenvalue weighted by Gasteiger charge is 2.50. The highest BCUT2D eigenvalue weighted by atomic mass is 16.4. The summed E-state index contributed by atoms with van der Waals surface area (Å²) < 4.78 is 0. The van der Waals surface area contributed by atoms with E-state index in [1.807, 2.05) is 0 Å². The molecule has 0 spiro atoms. The van der Waals surface area contributed by atoms with Crippen molar-refractivity contribution in [2.24, 2.45) is 5.41 Å². The molecule has 0 radical (unpaired) electrons. The van der Waals surface area contributed by atoms with Gasteiger partial charge in [-0.1, -0.05) is 17.7 Å². The number of aryl methyl sites for hydroxylation is 3. The molecular formula is C14H18O2. The maximum Gasteiger partial charge on any atom is 0.309 e. The first-order valence-electron chi connectivity index (χ1n) is 5.75. The summed E-state index contributed by atoms with van der Waals surface area (Å²) in [6.07, 6.45) is 2.35. The quantitative estimate of drug-likeness (QED) is 0.846. The molecule has 0 aliphatic heterocycles. The zero-order valence-corrected chi connectivity index (χ0v) is 10.1. The number of hydrogen-bond acceptors (Lipinski definition) is 1. The van der Waals surface area contributed by atoms with Crippen molar-refractivity contribution in [3.8, 4) is 0 Å². The Kier molecular flexibility index (Phi) is 2.53. The lowest BCUT2D eigenvalue weighted by molar-refractivity contribution is -0.143. The molecule has 0 amide bonds. The molecule has 0 heterocycles. The van der Waals surface area contributed by atoms with E-state index in [1.165, 1.54) is 22.3 Å². The SMILES string of the molecule is Cc1cc(C)c(CC2(C(=O)O)CC2)c(C)c1. The second-order valence-corrected chi connectivity index (χ2v) is 5.14. The van der Waals surface area contributed by atoms with Crippen molar-refractivity contribution in [3.05, 3.63) is 34.4 Å². The highest BCUT2D eigenvalue weighted by molar-refractivity contribution is 5.78. The van der Waals surface area contributed by atoms with E-state index in [9.17, 15) is 9.90 Å². The number of carboxylic acids is 1. The second kappa shape index (κ2) is 3.62. The Balaban J connectivity index is 2.32. The van der Waals surface area contributed by atoms with Crippen LogP contribution in [-0.4, -0.2) is 11.1 Å². The minimum atomic E-state index is -0.633. The van der Waals surface area contributed by atoms with E-state index in [0.29, 0.717) is 6.42 Å². The standard InChI is InChI=1S/C14H18O2/c1-9-6-10(2)12(11(3)7-9)8-14(4-5-14)13(15)16/h6-7H,4-5,8H2,1-3H3,(H,15,16). The minimum Gasteiger partial charge on any atom is -0.481 e. The molecule has 0 saturated heterocycles. The Morgan fingerprint density at radius 1 is 1.25 bits per heavy atom. The van der Waals surface area contributed by atoms with Crippen LogP contribution in [0.25, 0.3) is 0 Å². The average molecular weight is 218 g/mol. The first-order valence-corrected chi connectivity index (χ1v) is 5.75. The first-order chi connectivity index (χ1) is 7.44. The third kappa shape index (κ3) is 1.84. The van der Waals surface area contributed by atoms with Crippen LogP contribution in [0.5, 0.6) is 0 Å². The fourth-order valence-corrected chi connectivity index (χ4v) is 2.44. The van der Waals surface area contributed by atoms with Crippen LogP contribution in [0.15, 0.2) is 12.1 Å². The number of carbonyl (C=O) groups is 1. The molecule has 1 aliphatic carbocycles. The van der Waals surface area contributed by atoms with Crippen molar-refractivity contribution in [1.82, 2.24) is 0 Å². The Morgan fingerprint density at radius 2 is 1.75 bits per heavy atom. The van der Waals surface area contributed by atoms with Crippen molar-refractivity contribution in [1.29, 1.82) is 0 Å². The highest BCUT2D eigenvalue weighted by Crippen LogP contribution is 2.49. The summed E-state index contributed by atoms with van der Waals surface area (Å²) in [5.74, 6) is -0.633. The smallest absolute Gasteiger partial charge is 0.309 e. The fraction of sp³-hybridized carbons (Fsp3) is 0.500. The first kappa shape index (κ1) is 11.2. The Labute approximate surface area is 96.3 Å². The van der Waals surface area contributed by atoms with Gasteiger partial charge in [-0.25, -0.2) is 0 Å². The van der Waals surface area contributed by atoms with Crippen molar-refractivity contribution in [2.45, 2.75) is 40.0 Å². The van der Waals surface area contributed by atoms with Crippen LogP contribution < -0.4 is 0 Å². The molecule has 1 N–H and O–H groups in total. The fourth-order valence-electron chi connectivity index (χ4n) is 2.44. The molecule has 1 aromatic rings. The number of hydrogen-bond donors (Lipinski definition) is 1. The minimum absolute atomic E-state index is 0.454. The van der Waals surface area contributed by atoms with Gasteiger partial charge < -0.3 is 5.11 Å². The Hall–Kier alpha value is -1.31. The van der Waals surface area contributed by atoms with Crippen LogP contribution >= 0.6 is 0 Å². The molecule has 1 fully saturated rings. The predicted octanol–water partition coefficient (Wildman–Crippen LogP) is 3.02. The summed E-state index contributed by atoms with van der Waals surface area (Å²) in [5, 5.41) is 9.20. The van der Waals surface area contributed by atoms with Crippen molar-refractivity contribution in [3.63, 3.8) is 0 Å². The van der Waals surface area contributed by atoms with E-state index in [2.05, 4.69) is 32.9 Å². The molecule has 2 rings (SSSR count). The van der Waals surface area contributed by atoms with Crippen molar-refractivity contribution in [2.75, 3.05) is 0 Å². The lowest BCUT2D eigenvalue weighted by atomic mass is 9.89. The molecule has 2 nitrogen and oxygen atoms in total. The van der Waals surface area contributed by atoms with Gasteiger partial charge in [0.05, 0.1) is 5.41 Å². The van der Waals surface area contributed by atoms with Crippen LogP contribution in [0.3, 0.4) is 0 Å². The van der Waals surface area contributed by atoms with Crippen LogP contribution in [0.2, 0.25) is 0 Å². The molecule has 86 valence electrons. The van der Waals surface area contributed by atoms with Crippen LogP contribution in [0.4, 0.5) is 0 Å². The number of aliphatic carboxylic acids is 1. The topological polar surface area (TPSA) is 37.3 Å². The van der Waals surface area contributed by atoms with Gasteiger partial charge in [-0.3, -0.25) is 4.79 Å². The maximum absolute atomic E-state index is 11.2. The summed E-state index contributed by atoms with van der Waals surface area (Å²) in [4.78, 5) is 11.2. The van der Waals surface area contributed by atoms with Crippen LogP contribution in [0, 0.1) is 26.2 Å². The summed E-state index contributed by atoms with van der Waals surface area (Å²) in [6, 6.07) is 4.28. The lowest BCUT2D eigenvalue weighted by Gasteiger charge is -2.15. The number of carboxylic acid groups (broad SMARTS) is 1. The molecule has 0 aromatic heterocycles. The zero-order valence-electron chi connectivity index (χ0n) is 10.1. The molecule has 0 atom stereocenters. The van der Waals surface area contributed by atoms with Gasteiger partial charge in [0.1, 0.15) is 0 Å². The van der Waals surface area contributed by atoms with Gasteiger partial charge in [0, 0.05) is 0 Å². The Morgan fingerprint density at radius 3 is 2.12 bits per heavy atom. The molecule has 0 unspecified atom stereocenters. The van der Waals surface area contributed by atoms with E-state index in [1.54, 1.807) is 0 Å². The molecule has 1 aromatic carbocycles. The average Bonchev–Trinajstić information content (AvgIpc) is 2.92. The number of rotatable bonds is 3. The lowest BCUT2D eigenvalue weighted by Crippen LogP contribution is -2.18.